The third kappa shape index (κ3) is 4.20. The van der Waals surface area contributed by atoms with Crippen molar-refractivity contribution in [2.24, 2.45) is 17.3 Å². The number of rotatable bonds is 4. The summed E-state index contributed by atoms with van der Waals surface area (Å²) in [6, 6.07) is 0. The number of hydrogen-bond donors (Lipinski definition) is 1. The van der Waals surface area contributed by atoms with Gasteiger partial charge < -0.3 is 9.84 Å². The first-order valence-electron chi connectivity index (χ1n) is 5.56. The largest absolute Gasteiger partial charge is 0.466 e. The average molecular weight is 216 g/mol. The van der Waals surface area contributed by atoms with Gasteiger partial charge in [0.05, 0.1) is 18.6 Å². The van der Waals surface area contributed by atoms with Crippen LogP contribution in [0.25, 0.3) is 0 Å². The van der Waals surface area contributed by atoms with Gasteiger partial charge in [-0.25, -0.2) is 0 Å². The summed E-state index contributed by atoms with van der Waals surface area (Å²) in [5.74, 6) is -0.654. The van der Waals surface area contributed by atoms with Crippen LogP contribution in [0.4, 0.5) is 0 Å². The summed E-state index contributed by atoms with van der Waals surface area (Å²) in [4.78, 5) is 11.7. The van der Waals surface area contributed by atoms with Crippen molar-refractivity contribution in [3.63, 3.8) is 0 Å². The molecule has 2 unspecified atom stereocenters. The van der Waals surface area contributed by atoms with Crippen LogP contribution in [-0.2, 0) is 9.53 Å². The Morgan fingerprint density at radius 3 is 2.07 bits per heavy atom. The lowest BCUT2D eigenvalue weighted by molar-refractivity contribution is -0.158. The summed E-state index contributed by atoms with van der Waals surface area (Å²) in [6.45, 7) is 11.8. The van der Waals surface area contributed by atoms with Gasteiger partial charge in [-0.1, -0.05) is 34.6 Å². The summed E-state index contributed by atoms with van der Waals surface area (Å²) in [7, 11) is 0. The van der Waals surface area contributed by atoms with Crippen molar-refractivity contribution in [1.82, 2.24) is 0 Å². The molecule has 15 heavy (non-hydrogen) atoms. The summed E-state index contributed by atoms with van der Waals surface area (Å²) >= 11 is 0. The molecule has 90 valence electrons. The molecule has 3 heteroatoms. The quantitative estimate of drug-likeness (QED) is 0.733. The standard InChI is InChI=1S/C12H24O3/c1-7-15-11(14)9(8(2)3)10(13)12(4,5)6/h8-10,13H,7H2,1-6H3. The normalized spacial score (nSPS) is 16.3. The fourth-order valence-electron chi connectivity index (χ4n) is 1.54. The maximum absolute atomic E-state index is 11.7. The first-order valence-corrected chi connectivity index (χ1v) is 5.56. The topological polar surface area (TPSA) is 46.5 Å². The molecule has 0 amide bonds. The van der Waals surface area contributed by atoms with E-state index < -0.39 is 12.0 Å². The molecule has 0 heterocycles. The van der Waals surface area contributed by atoms with Gasteiger partial charge in [-0.3, -0.25) is 4.79 Å². The molecule has 0 aliphatic heterocycles. The van der Waals surface area contributed by atoms with Gasteiger partial charge in [-0.2, -0.15) is 0 Å². The second-order valence-electron chi connectivity index (χ2n) is 5.33. The second kappa shape index (κ2) is 5.50. The highest BCUT2D eigenvalue weighted by Crippen LogP contribution is 2.30. The van der Waals surface area contributed by atoms with E-state index in [2.05, 4.69) is 0 Å². The summed E-state index contributed by atoms with van der Waals surface area (Å²) in [6.07, 6.45) is -0.670. The first-order chi connectivity index (χ1) is 6.71. The van der Waals surface area contributed by atoms with Crippen molar-refractivity contribution in [3.05, 3.63) is 0 Å². The maximum Gasteiger partial charge on any atom is 0.311 e. The third-order valence-electron chi connectivity index (χ3n) is 2.50. The molecule has 0 aromatic carbocycles. The lowest BCUT2D eigenvalue weighted by Crippen LogP contribution is -2.41. The molecular weight excluding hydrogens is 192 g/mol. The monoisotopic (exact) mass is 216 g/mol. The Labute approximate surface area is 92.8 Å². The highest BCUT2D eigenvalue weighted by Gasteiger charge is 2.37. The highest BCUT2D eigenvalue weighted by molar-refractivity contribution is 5.73. The lowest BCUT2D eigenvalue weighted by Gasteiger charge is -2.33. The summed E-state index contributed by atoms with van der Waals surface area (Å²) in [5.41, 5.74) is -0.304. The van der Waals surface area contributed by atoms with E-state index in [4.69, 9.17) is 4.74 Å². The Kier molecular flexibility index (Phi) is 5.29. The Hall–Kier alpha value is -0.570. The second-order valence-corrected chi connectivity index (χ2v) is 5.33. The highest BCUT2D eigenvalue weighted by atomic mass is 16.5. The van der Waals surface area contributed by atoms with Crippen LogP contribution in [0.5, 0.6) is 0 Å². The smallest absolute Gasteiger partial charge is 0.311 e. The van der Waals surface area contributed by atoms with Crippen molar-refractivity contribution in [1.29, 1.82) is 0 Å². The molecule has 0 aliphatic carbocycles. The van der Waals surface area contributed by atoms with Gasteiger partial charge in [0, 0.05) is 0 Å². The van der Waals surface area contributed by atoms with Gasteiger partial charge >= 0.3 is 5.97 Å². The molecule has 0 aromatic rings. The van der Waals surface area contributed by atoms with Crippen LogP contribution in [0.2, 0.25) is 0 Å². The lowest BCUT2D eigenvalue weighted by atomic mass is 9.76. The minimum Gasteiger partial charge on any atom is -0.466 e. The molecule has 0 bridgehead atoms. The average Bonchev–Trinajstić information content (AvgIpc) is 2.02. The molecule has 1 N–H and O–H groups in total. The molecule has 0 saturated carbocycles. The molecule has 0 fully saturated rings. The van der Waals surface area contributed by atoms with Gasteiger partial charge in [-0.15, -0.1) is 0 Å². The van der Waals surface area contributed by atoms with Crippen LogP contribution < -0.4 is 0 Å². The SMILES string of the molecule is CCOC(=O)C(C(C)C)C(O)C(C)(C)C. The van der Waals surface area contributed by atoms with Crippen molar-refractivity contribution >= 4 is 5.97 Å². The van der Waals surface area contributed by atoms with Gasteiger partial charge in [0.25, 0.3) is 0 Å². The van der Waals surface area contributed by atoms with E-state index in [9.17, 15) is 9.90 Å². The van der Waals surface area contributed by atoms with Crippen LogP contribution >= 0.6 is 0 Å². The Bertz CT molecular complexity index is 203. The van der Waals surface area contributed by atoms with Gasteiger partial charge in [0.15, 0.2) is 0 Å². The zero-order valence-corrected chi connectivity index (χ0v) is 10.7. The van der Waals surface area contributed by atoms with Crippen LogP contribution in [0.15, 0.2) is 0 Å². The molecular formula is C12H24O3. The van der Waals surface area contributed by atoms with Crippen molar-refractivity contribution in [2.75, 3.05) is 6.61 Å². The van der Waals surface area contributed by atoms with E-state index in [1.807, 2.05) is 34.6 Å². The van der Waals surface area contributed by atoms with Crippen LogP contribution in [-0.4, -0.2) is 23.8 Å². The Morgan fingerprint density at radius 1 is 1.33 bits per heavy atom. The predicted octanol–water partition coefficient (Wildman–Crippen LogP) is 2.23. The van der Waals surface area contributed by atoms with Crippen LogP contribution in [0.1, 0.15) is 41.5 Å². The number of ether oxygens (including phenoxy) is 1. The van der Waals surface area contributed by atoms with Crippen LogP contribution in [0, 0.1) is 17.3 Å². The molecule has 0 saturated heterocycles. The Balaban J connectivity index is 4.74. The Morgan fingerprint density at radius 2 is 1.80 bits per heavy atom. The number of hydrogen-bond acceptors (Lipinski definition) is 3. The van der Waals surface area contributed by atoms with E-state index in [0.717, 1.165) is 0 Å². The van der Waals surface area contributed by atoms with E-state index in [-0.39, 0.29) is 17.3 Å². The third-order valence-corrected chi connectivity index (χ3v) is 2.50. The molecule has 0 aromatic heterocycles. The molecule has 3 nitrogen and oxygen atoms in total. The van der Waals surface area contributed by atoms with Gasteiger partial charge in [0.1, 0.15) is 0 Å². The molecule has 0 spiro atoms. The fraction of sp³-hybridized carbons (Fsp3) is 0.917. The zero-order valence-electron chi connectivity index (χ0n) is 10.7. The molecule has 0 rings (SSSR count). The summed E-state index contributed by atoms with van der Waals surface area (Å²) < 4.78 is 4.98. The van der Waals surface area contributed by atoms with E-state index in [1.54, 1.807) is 6.92 Å². The molecule has 0 aliphatic rings. The van der Waals surface area contributed by atoms with Crippen molar-refractivity contribution in [2.45, 2.75) is 47.6 Å². The number of aliphatic hydroxyl groups excluding tert-OH is 1. The van der Waals surface area contributed by atoms with Gasteiger partial charge in [0.2, 0.25) is 0 Å². The van der Waals surface area contributed by atoms with Crippen molar-refractivity contribution < 1.29 is 14.6 Å². The number of carbonyl (C=O) groups is 1. The number of esters is 1. The van der Waals surface area contributed by atoms with Crippen molar-refractivity contribution in [3.8, 4) is 0 Å². The minimum absolute atomic E-state index is 0.0817. The number of carbonyl (C=O) groups excluding carboxylic acids is 1. The minimum atomic E-state index is -0.670. The molecule has 0 radical (unpaired) electrons. The van der Waals surface area contributed by atoms with Gasteiger partial charge in [-0.05, 0) is 18.3 Å². The predicted molar refractivity (Wildman–Crippen MR) is 60.4 cm³/mol. The first kappa shape index (κ1) is 14.4. The van der Waals surface area contributed by atoms with E-state index in [0.29, 0.717) is 6.61 Å². The van der Waals surface area contributed by atoms with E-state index >= 15 is 0 Å². The maximum atomic E-state index is 11.7. The zero-order chi connectivity index (χ0) is 12.2. The number of aliphatic hydroxyl groups is 1. The summed E-state index contributed by atoms with van der Waals surface area (Å²) in [5, 5.41) is 10.1. The van der Waals surface area contributed by atoms with Crippen LogP contribution in [0.3, 0.4) is 0 Å². The van der Waals surface area contributed by atoms with E-state index in [1.165, 1.54) is 0 Å². The molecule has 2 atom stereocenters. The fourth-order valence-corrected chi connectivity index (χ4v) is 1.54.